The van der Waals surface area contributed by atoms with Crippen molar-refractivity contribution in [1.29, 1.82) is 0 Å². The molecule has 118 valence electrons. The zero-order valence-corrected chi connectivity index (χ0v) is 14.4. The van der Waals surface area contributed by atoms with Gasteiger partial charge in [-0.3, -0.25) is 0 Å². The first-order chi connectivity index (χ1) is 9.59. The fourth-order valence-corrected chi connectivity index (χ4v) is 3.85. The Hall–Kier alpha value is -0.315. The molecule has 3 nitrogen and oxygen atoms in total. The van der Waals surface area contributed by atoms with Crippen molar-refractivity contribution in [3.05, 3.63) is 11.5 Å². The lowest BCUT2D eigenvalue weighted by atomic mass is 9.60. The number of rotatable bonds is 1. The molecule has 4 heteroatoms. The van der Waals surface area contributed by atoms with E-state index in [9.17, 15) is 0 Å². The van der Waals surface area contributed by atoms with Gasteiger partial charge in [0.1, 0.15) is 0 Å². The highest BCUT2D eigenvalue weighted by atomic mass is 16.7. The van der Waals surface area contributed by atoms with Crippen LogP contribution in [-0.2, 0) is 14.0 Å². The molecule has 0 aromatic heterocycles. The van der Waals surface area contributed by atoms with Gasteiger partial charge < -0.3 is 14.0 Å². The molecule has 3 rings (SSSR count). The molecule has 0 amide bonds. The summed E-state index contributed by atoms with van der Waals surface area (Å²) in [6.07, 6.45) is 6.86. The molecule has 1 unspecified atom stereocenters. The summed E-state index contributed by atoms with van der Waals surface area (Å²) in [4.78, 5) is 0. The summed E-state index contributed by atoms with van der Waals surface area (Å²) in [7, 11) is -0.169. The second-order valence-corrected chi connectivity index (χ2v) is 8.46. The standard InChI is InChI=1S/C17H29BO3/c1-14(2)15(3,4)21-18(20-14)13-7-9-17(10-8-13)11-12-19-16(17,5)6/h7H,8-12H2,1-6H3. The van der Waals surface area contributed by atoms with Crippen LogP contribution in [-0.4, -0.2) is 30.5 Å². The van der Waals surface area contributed by atoms with E-state index >= 15 is 0 Å². The van der Waals surface area contributed by atoms with E-state index in [0.717, 1.165) is 19.4 Å². The van der Waals surface area contributed by atoms with Crippen LogP contribution in [0.4, 0.5) is 0 Å². The zero-order chi connectivity index (χ0) is 15.5. The summed E-state index contributed by atoms with van der Waals surface area (Å²) in [5.41, 5.74) is 1.12. The van der Waals surface area contributed by atoms with Crippen LogP contribution in [0.25, 0.3) is 0 Å². The van der Waals surface area contributed by atoms with Crippen molar-refractivity contribution in [2.45, 2.75) is 84.0 Å². The number of hydrogen-bond acceptors (Lipinski definition) is 3. The van der Waals surface area contributed by atoms with Gasteiger partial charge in [-0.25, -0.2) is 0 Å². The highest BCUT2D eigenvalue weighted by molar-refractivity contribution is 6.54. The summed E-state index contributed by atoms with van der Waals surface area (Å²) in [6.45, 7) is 13.9. The molecule has 0 saturated carbocycles. The molecule has 1 atom stereocenters. The summed E-state index contributed by atoms with van der Waals surface area (Å²) < 4.78 is 18.3. The Balaban J connectivity index is 1.75. The fraction of sp³-hybridized carbons (Fsp3) is 0.882. The lowest BCUT2D eigenvalue weighted by Gasteiger charge is -2.42. The van der Waals surface area contributed by atoms with E-state index in [4.69, 9.17) is 14.0 Å². The molecule has 2 heterocycles. The normalized spacial score (nSPS) is 37.0. The van der Waals surface area contributed by atoms with Crippen molar-refractivity contribution in [3.63, 3.8) is 0 Å². The van der Waals surface area contributed by atoms with Crippen LogP contribution in [0.3, 0.4) is 0 Å². The minimum absolute atomic E-state index is 0.00897. The molecule has 2 aliphatic heterocycles. The average molecular weight is 292 g/mol. The Labute approximate surface area is 129 Å². The minimum Gasteiger partial charge on any atom is -0.400 e. The highest BCUT2D eigenvalue weighted by Crippen LogP contribution is 2.53. The Morgan fingerprint density at radius 2 is 1.52 bits per heavy atom. The predicted molar refractivity (Wildman–Crippen MR) is 85.1 cm³/mol. The lowest BCUT2D eigenvalue weighted by Crippen LogP contribution is -2.41. The summed E-state index contributed by atoms with van der Waals surface area (Å²) in [5, 5.41) is 0. The molecule has 0 N–H and O–H groups in total. The van der Waals surface area contributed by atoms with Gasteiger partial charge in [-0.05, 0) is 72.7 Å². The van der Waals surface area contributed by atoms with E-state index in [1.807, 2.05) is 0 Å². The molecule has 3 aliphatic rings. The molecule has 2 fully saturated rings. The lowest BCUT2D eigenvalue weighted by molar-refractivity contribution is -0.0373. The van der Waals surface area contributed by atoms with E-state index in [0.29, 0.717) is 5.41 Å². The third kappa shape index (κ3) is 2.30. The third-order valence-electron chi connectivity index (χ3n) is 6.52. The molecule has 0 aromatic carbocycles. The summed E-state index contributed by atoms with van der Waals surface area (Å²) in [6, 6.07) is 0. The fourth-order valence-electron chi connectivity index (χ4n) is 3.85. The largest absolute Gasteiger partial charge is 0.490 e. The molecular formula is C17H29BO3. The Morgan fingerprint density at radius 3 is 1.95 bits per heavy atom. The molecule has 1 aliphatic carbocycles. The van der Waals surface area contributed by atoms with Gasteiger partial charge in [0.15, 0.2) is 0 Å². The first-order valence-electron chi connectivity index (χ1n) is 8.27. The van der Waals surface area contributed by atoms with E-state index in [1.54, 1.807) is 0 Å². The molecule has 0 radical (unpaired) electrons. The van der Waals surface area contributed by atoms with Crippen LogP contribution in [0.5, 0.6) is 0 Å². The Bertz CT molecular complexity index is 451. The van der Waals surface area contributed by atoms with Crippen molar-refractivity contribution in [2.24, 2.45) is 5.41 Å². The van der Waals surface area contributed by atoms with Gasteiger partial charge in [0.2, 0.25) is 0 Å². The van der Waals surface area contributed by atoms with Crippen LogP contribution in [0.15, 0.2) is 11.5 Å². The number of ether oxygens (including phenoxy) is 1. The Morgan fingerprint density at radius 1 is 0.905 bits per heavy atom. The minimum atomic E-state index is -0.247. The average Bonchev–Trinajstić information content (AvgIpc) is 2.75. The molecule has 2 saturated heterocycles. The van der Waals surface area contributed by atoms with Crippen LogP contribution in [0.2, 0.25) is 0 Å². The maximum absolute atomic E-state index is 6.18. The number of allylic oxidation sites excluding steroid dienone is 2. The second-order valence-electron chi connectivity index (χ2n) is 8.46. The van der Waals surface area contributed by atoms with Crippen LogP contribution in [0.1, 0.15) is 67.2 Å². The zero-order valence-electron chi connectivity index (χ0n) is 14.4. The predicted octanol–water partition coefficient (Wildman–Crippen LogP) is 3.91. The first kappa shape index (κ1) is 15.6. The molecular weight excluding hydrogens is 263 g/mol. The van der Waals surface area contributed by atoms with Gasteiger partial charge in [-0.15, -0.1) is 0 Å². The smallest absolute Gasteiger partial charge is 0.400 e. The van der Waals surface area contributed by atoms with Crippen molar-refractivity contribution in [3.8, 4) is 0 Å². The summed E-state index contributed by atoms with van der Waals surface area (Å²) in [5.74, 6) is 0. The summed E-state index contributed by atoms with van der Waals surface area (Å²) >= 11 is 0. The van der Waals surface area contributed by atoms with E-state index in [1.165, 1.54) is 18.3 Å². The third-order valence-corrected chi connectivity index (χ3v) is 6.52. The molecule has 1 spiro atoms. The van der Waals surface area contributed by atoms with E-state index in [-0.39, 0.29) is 23.9 Å². The quantitative estimate of drug-likeness (QED) is 0.686. The van der Waals surface area contributed by atoms with Crippen molar-refractivity contribution < 1.29 is 14.0 Å². The van der Waals surface area contributed by atoms with Crippen molar-refractivity contribution in [2.75, 3.05) is 6.61 Å². The van der Waals surface area contributed by atoms with Crippen molar-refractivity contribution >= 4 is 7.12 Å². The van der Waals surface area contributed by atoms with E-state index in [2.05, 4.69) is 47.6 Å². The van der Waals surface area contributed by atoms with Gasteiger partial charge in [-0.2, -0.15) is 0 Å². The van der Waals surface area contributed by atoms with Crippen molar-refractivity contribution in [1.82, 2.24) is 0 Å². The molecule has 0 aromatic rings. The van der Waals surface area contributed by atoms with Gasteiger partial charge in [0, 0.05) is 12.0 Å². The van der Waals surface area contributed by atoms with Crippen LogP contribution < -0.4 is 0 Å². The van der Waals surface area contributed by atoms with Gasteiger partial charge in [0.25, 0.3) is 0 Å². The maximum Gasteiger partial charge on any atom is 0.490 e. The van der Waals surface area contributed by atoms with Crippen LogP contribution >= 0.6 is 0 Å². The second kappa shape index (κ2) is 4.59. The molecule has 21 heavy (non-hydrogen) atoms. The highest BCUT2D eigenvalue weighted by Gasteiger charge is 2.55. The SMILES string of the molecule is CC1(C)OCCC12CC=C(B1OC(C)(C)C(C)(C)O1)CC2. The monoisotopic (exact) mass is 292 g/mol. The van der Waals surface area contributed by atoms with E-state index < -0.39 is 0 Å². The maximum atomic E-state index is 6.18. The molecule has 0 bridgehead atoms. The van der Waals surface area contributed by atoms with Gasteiger partial charge in [0.05, 0.1) is 16.8 Å². The van der Waals surface area contributed by atoms with Gasteiger partial charge >= 0.3 is 7.12 Å². The first-order valence-corrected chi connectivity index (χ1v) is 8.27. The Kier molecular flexibility index (Phi) is 3.41. The van der Waals surface area contributed by atoms with Crippen LogP contribution in [0, 0.1) is 5.41 Å². The van der Waals surface area contributed by atoms with Gasteiger partial charge in [-0.1, -0.05) is 6.08 Å². The number of hydrogen-bond donors (Lipinski definition) is 0. The topological polar surface area (TPSA) is 27.7 Å².